The molecular weight excluding hydrogens is 306 g/mol. The van der Waals surface area contributed by atoms with Crippen molar-refractivity contribution in [3.05, 3.63) is 28.8 Å². The van der Waals surface area contributed by atoms with Crippen LogP contribution in [0.1, 0.15) is 37.3 Å². The predicted molar refractivity (Wildman–Crippen MR) is 81.5 cm³/mol. The van der Waals surface area contributed by atoms with Crippen molar-refractivity contribution in [1.82, 2.24) is 25.5 Å². The monoisotopic (exact) mass is 321 g/mol. The summed E-state index contributed by atoms with van der Waals surface area (Å²) in [6, 6.07) is 7.21. The van der Waals surface area contributed by atoms with Gasteiger partial charge in [-0.2, -0.15) is 0 Å². The van der Waals surface area contributed by atoms with Crippen LogP contribution >= 0.6 is 23.4 Å². The molecule has 2 saturated carbocycles. The first-order valence-corrected chi connectivity index (χ1v) is 8.46. The van der Waals surface area contributed by atoms with Gasteiger partial charge in [0.15, 0.2) is 0 Å². The molecule has 0 atom stereocenters. The minimum absolute atomic E-state index is 0.481. The fourth-order valence-corrected chi connectivity index (χ4v) is 3.46. The van der Waals surface area contributed by atoms with E-state index in [1.165, 1.54) is 31.2 Å². The van der Waals surface area contributed by atoms with Gasteiger partial charge in [-0.25, -0.2) is 4.68 Å². The molecule has 0 amide bonds. The van der Waals surface area contributed by atoms with Crippen LogP contribution in [0.5, 0.6) is 0 Å². The lowest BCUT2D eigenvalue weighted by atomic mass is 10.2. The van der Waals surface area contributed by atoms with Crippen molar-refractivity contribution >= 4 is 23.4 Å². The van der Waals surface area contributed by atoms with Gasteiger partial charge in [0.25, 0.3) is 0 Å². The lowest BCUT2D eigenvalue weighted by Crippen LogP contribution is -2.15. The second kappa shape index (κ2) is 5.59. The fourth-order valence-electron chi connectivity index (χ4n) is 2.21. The summed E-state index contributed by atoms with van der Waals surface area (Å²) >= 11 is 7.76. The molecule has 1 N–H and O–H groups in total. The molecule has 0 radical (unpaired) electrons. The van der Waals surface area contributed by atoms with Crippen LogP contribution in [-0.2, 0) is 6.54 Å². The number of benzene rings is 1. The molecule has 21 heavy (non-hydrogen) atoms. The molecular formula is C14H16ClN5S. The van der Waals surface area contributed by atoms with Gasteiger partial charge in [0, 0.05) is 22.5 Å². The Bertz CT molecular complexity index is 651. The van der Waals surface area contributed by atoms with E-state index < -0.39 is 0 Å². The molecule has 4 rings (SSSR count). The van der Waals surface area contributed by atoms with Gasteiger partial charge < -0.3 is 5.32 Å². The van der Waals surface area contributed by atoms with Crippen LogP contribution in [0, 0.1) is 0 Å². The third kappa shape index (κ3) is 3.22. The SMILES string of the molecule is Clc1ccc(CNC2CC2)c(Sc2nnnn2C2CC2)c1. The zero-order chi connectivity index (χ0) is 14.2. The molecule has 2 aliphatic carbocycles. The van der Waals surface area contributed by atoms with E-state index in [1.54, 1.807) is 11.8 Å². The number of tetrazole rings is 1. The molecule has 0 unspecified atom stereocenters. The van der Waals surface area contributed by atoms with Crippen LogP contribution in [0.15, 0.2) is 28.3 Å². The predicted octanol–water partition coefficient (Wildman–Crippen LogP) is 3.06. The maximum Gasteiger partial charge on any atom is 0.214 e. The smallest absolute Gasteiger partial charge is 0.214 e. The third-order valence-corrected chi connectivity index (χ3v) is 5.03. The van der Waals surface area contributed by atoms with E-state index in [9.17, 15) is 0 Å². The normalized spacial score (nSPS) is 18.1. The Morgan fingerprint density at radius 3 is 2.90 bits per heavy atom. The van der Waals surface area contributed by atoms with Gasteiger partial charge in [-0.3, -0.25) is 0 Å². The number of hydrogen-bond acceptors (Lipinski definition) is 5. The average molecular weight is 322 g/mol. The first-order valence-electron chi connectivity index (χ1n) is 7.27. The van der Waals surface area contributed by atoms with Crippen LogP contribution < -0.4 is 5.32 Å². The van der Waals surface area contributed by atoms with Gasteiger partial charge >= 0.3 is 0 Å². The van der Waals surface area contributed by atoms with Crippen LogP contribution in [0.3, 0.4) is 0 Å². The topological polar surface area (TPSA) is 55.6 Å². The largest absolute Gasteiger partial charge is 0.310 e. The summed E-state index contributed by atoms with van der Waals surface area (Å²) < 4.78 is 1.93. The van der Waals surface area contributed by atoms with E-state index in [0.29, 0.717) is 12.1 Å². The van der Waals surface area contributed by atoms with Gasteiger partial charge in [-0.1, -0.05) is 17.7 Å². The molecule has 2 aromatic rings. The lowest BCUT2D eigenvalue weighted by molar-refractivity contribution is 0.565. The molecule has 0 bridgehead atoms. The van der Waals surface area contributed by atoms with E-state index in [1.807, 2.05) is 16.8 Å². The molecule has 5 nitrogen and oxygen atoms in total. The number of halogens is 1. The second-order valence-electron chi connectivity index (χ2n) is 5.65. The minimum atomic E-state index is 0.481. The molecule has 1 aromatic heterocycles. The standard InChI is InChI=1S/C14H16ClN5S/c15-10-2-1-9(8-16-11-3-4-11)13(7-10)21-14-17-18-19-20(14)12-5-6-12/h1-2,7,11-12,16H,3-6,8H2. The van der Waals surface area contributed by atoms with E-state index in [0.717, 1.165) is 21.6 Å². The Kier molecular flexibility index (Phi) is 3.61. The van der Waals surface area contributed by atoms with E-state index in [-0.39, 0.29) is 0 Å². The summed E-state index contributed by atoms with van der Waals surface area (Å²) in [4.78, 5) is 1.13. The van der Waals surface area contributed by atoms with Gasteiger partial charge in [0.2, 0.25) is 5.16 Å². The highest BCUT2D eigenvalue weighted by atomic mass is 35.5. The average Bonchev–Trinajstić information content (AvgIpc) is 3.39. The summed E-state index contributed by atoms with van der Waals surface area (Å²) in [7, 11) is 0. The van der Waals surface area contributed by atoms with Gasteiger partial charge in [0.1, 0.15) is 0 Å². The van der Waals surface area contributed by atoms with Gasteiger partial charge in [-0.05, 0) is 65.6 Å². The van der Waals surface area contributed by atoms with Crippen molar-refractivity contribution in [2.45, 2.75) is 54.4 Å². The first kappa shape index (κ1) is 13.5. The van der Waals surface area contributed by atoms with Crippen LogP contribution in [0.25, 0.3) is 0 Å². The van der Waals surface area contributed by atoms with E-state index >= 15 is 0 Å². The number of hydrogen-bond donors (Lipinski definition) is 1. The highest BCUT2D eigenvalue weighted by Gasteiger charge is 2.28. The fraction of sp³-hybridized carbons (Fsp3) is 0.500. The molecule has 2 fully saturated rings. The van der Waals surface area contributed by atoms with Crippen molar-refractivity contribution < 1.29 is 0 Å². The summed E-state index contributed by atoms with van der Waals surface area (Å²) in [5.41, 5.74) is 1.25. The van der Waals surface area contributed by atoms with E-state index in [2.05, 4.69) is 26.9 Å². The minimum Gasteiger partial charge on any atom is -0.310 e. The third-order valence-electron chi connectivity index (χ3n) is 3.74. The zero-order valence-electron chi connectivity index (χ0n) is 11.5. The Balaban J connectivity index is 1.56. The Morgan fingerprint density at radius 2 is 2.14 bits per heavy atom. The number of aromatic nitrogens is 4. The molecule has 0 spiro atoms. The summed E-state index contributed by atoms with van der Waals surface area (Å²) in [6.45, 7) is 0.870. The molecule has 7 heteroatoms. The zero-order valence-corrected chi connectivity index (χ0v) is 13.1. The molecule has 110 valence electrons. The summed E-state index contributed by atoms with van der Waals surface area (Å²) in [5.74, 6) is 0. The number of rotatable bonds is 6. The highest BCUT2D eigenvalue weighted by Crippen LogP contribution is 2.39. The molecule has 2 aliphatic rings. The van der Waals surface area contributed by atoms with Crippen LogP contribution in [0.4, 0.5) is 0 Å². The van der Waals surface area contributed by atoms with Crippen molar-refractivity contribution in [2.75, 3.05) is 0 Å². The van der Waals surface area contributed by atoms with Gasteiger partial charge in [0.05, 0.1) is 6.04 Å². The van der Waals surface area contributed by atoms with Crippen LogP contribution in [-0.4, -0.2) is 26.2 Å². The second-order valence-corrected chi connectivity index (χ2v) is 7.09. The van der Waals surface area contributed by atoms with Crippen molar-refractivity contribution in [3.8, 4) is 0 Å². The Labute approximate surface area is 132 Å². The lowest BCUT2D eigenvalue weighted by Gasteiger charge is -2.10. The van der Waals surface area contributed by atoms with Crippen LogP contribution in [0.2, 0.25) is 5.02 Å². The highest BCUT2D eigenvalue weighted by molar-refractivity contribution is 7.99. The molecule has 0 aliphatic heterocycles. The van der Waals surface area contributed by atoms with Crippen molar-refractivity contribution in [1.29, 1.82) is 0 Å². The maximum absolute atomic E-state index is 6.15. The molecule has 1 heterocycles. The maximum atomic E-state index is 6.15. The number of nitrogens with zero attached hydrogens (tertiary/aromatic N) is 4. The van der Waals surface area contributed by atoms with Gasteiger partial charge in [-0.15, -0.1) is 5.10 Å². The first-order chi connectivity index (χ1) is 10.3. The van der Waals surface area contributed by atoms with E-state index in [4.69, 9.17) is 11.6 Å². The Hall–Kier alpha value is -1.11. The summed E-state index contributed by atoms with van der Waals surface area (Å²) in [6.07, 6.45) is 4.92. The van der Waals surface area contributed by atoms with Crippen molar-refractivity contribution in [3.63, 3.8) is 0 Å². The number of nitrogens with one attached hydrogen (secondary N) is 1. The Morgan fingerprint density at radius 1 is 1.29 bits per heavy atom. The molecule has 0 saturated heterocycles. The summed E-state index contributed by atoms with van der Waals surface area (Å²) in [5, 5.41) is 17.2. The quantitative estimate of drug-likeness (QED) is 0.886. The molecule has 1 aromatic carbocycles. The van der Waals surface area contributed by atoms with Crippen molar-refractivity contribution in [2.24, 2.45) is 0 Å².